The molecule has 13 heteroatoms. The van der Waals surface area contributed by atoms with Gasteiger partial charge in [0, 0.05) is 28.1 Å². The molecular formula is C29H28ClN5O6S. The number of imidazole rings is 1. The van der Waals surface area contributed by atoms with Crippen molar-refractivity contribution in [2.75, 3.05) is 25.0 Å². The lowest BCUT2D eigenvalue weighted by Crippen LogP contribution is -2.47. The first-order chi connectivity index (χ1) is 20.0. The highest BCUT2D eigenvalue weighted by Gasteiger charge is 2.42. The van der Waals surface area contributed by atoms with E-state index >= 15 is 0 Å². The Morgan fingerprint density at radius 3 is 2.79 bits per heavy atom. The van der Waals surface area contributed by atoms with Gasteiger partial charge in [-0.3, -0.25) is 9.69 Å². The van der Waals surface area contributed by atoms with Gasteiger partial charge in [0.25, 0.3) is 0 Å². The van der Waals surface area contributed by atoms with Gasteiger partial charge in [-0.05, 0) is 69.8 Å². The minimum absolute atomic E-state index is 0.0865. The van der Waals surface area contributed by atoms with E-state index in [4.69, 9.17) is 25.5 Å². The molecule has 4 aromatic rings. The number of carbonyl (C=O) groups is 3. The van der Waals surface area contributed by atoms with Crippen molar-refractivity contribution >= 4 is 57.9 Å². The van der Waals surface area contributed by atoms with Gasteiger partial charge in [-0.15, -0.1) is 0 Å². The normalized spacial score (nSPS) is 16.7. The zero-order chi connectivity index (χ0) is 29.8. The van der Waals surface area contributed by atoms with E-state index in [1.807, 2.05) is 6.07 Å². The van der Waals surface area contributed by atoms with Crippen LogP contribution in [0.25, 0.3) is 11.0 Å². The molecule has 1 atom stereocenters. The average Bonchev–Trinajstić information content (AvgIpc) is 3.64. The molecule has 0 radical (unpaired) electrons. The Morgan fingerprint density at radius 1 is 1.21 bits per heavy atom. The number of Topliss-reactive ketones (excluding diaryl/α,β-unsaturated/α-hetero) is 1. The molecule has 2 aliphatic rings. The van der Waals surface area contributed by atoms with Gasteiger partial charge in [-0.2, -0.15) is 0 Å². The van der Waals surface area contributed by atoms with Crippen LogP contribution in [0.2, 0.25) is 5.02 Å². The molecule has 1 amide bonds. The van der Waals surface area contributed by atoms with Crippen LogP contribution in [-0.4, -0.2) is 63.0 Å². The zero-order valence-corrected chi connectivity index (χ0v) is 24.9. The largest absolute Gasteiger partial charge is 0.461 e. The topological polar surface area (TPSA) is 143 Å². The van der Waals surface area contributed by atoms with Crippen molar-refractivity contribution in [1.82, 2.24) is 19.9 Å². The van der Waals surface area contributed by atoms with E-state index in [-0.39, 0.29) is 31.2 Å². The summed E-state index contributed by atoms with van der Waals surface area (Å²) in [6.07, 6.45) is 1.07. The smallest absolute Gasteiger partial charge is 0.411 e. The summed E-state index contributed by atoms with van der Waals surface area (Å²) in [6, 6.07) is 9.02. The quantitative estimate of drug-likeness (QED) is 0.229. The number of anilines is 1. The Kier molecular flexibility index (Phi) is 7.06. The number of nitrogens with zero attached hydrogens (tertiary/aromatic N) is 2. The van der Waals surface area contributed by atoms with Crippen LogP contribution in [0, 0.1) is 0 Å². The number of carbonyl (C=O) groups excluding carboxylic acids is 3. The summed E-state index contributed by atoms with van der Waals surface area (Å²) in [5.74, 6) is -0.932. The number of esters is 1. The average molecular weight is 610 g/mol. The molecular weight excluding hydrogens is 582 g/mol. The van der Waals surface area contributed by atoms with Crippen LogP contribution >= 0.6 is 23.4 Å². The molecule has 3 aromatic heterocycles. The Balaban J connectivity index is 1.36. The highest BCUT2D eigenvalue weighted by molar-refractivity contribution is 7.99. The van der Waals surface area contributed by atoms with Crippen LogP contribution in [0.4, 0.5) is 10.5 Å². The van der Waals surface area contributed by atoms with Crippen LogP contribution in [0.1, 0.15) is 55.4 Å². The molecule has 0 spiro atoms. The molecule has 5 heterocycles. The van der Waals surface area contributed by atoms with E-state index in [2.05, 4.69) is 20.3 Å². The maximum atomic E-state index is 13.6. The maximum Gasteiger partial charge on any atom is 0.411 e. The second kappa shape index (κ2) is 10.6. The Hall–Kier alpha value is -4.16. The molecule has 0 aliphatic carbocycles. The van der Waals surface area contributed by atoms with Crippen molar-refractivity contribution in [2.24, 2.45) is 0 Å². The number of hydrogen-bond donors (Lipinski definition) is 3. The van der Waals surface area contributed by atoms with Gasteiger partial charge in [0.15, 0.2) is 16.0 Å². The number of aromatic amines is 2. The van der Waals surface area contributed by atoms with Gasteiger partial charge < -0.3 is 29.2 Å². The number of H-pyrrole nitrogens is 2. The predicted octanol–water partition coefficient (Wildman–Crippen LogP) is 6.10. The molecule has 11 nitrogen and oxygen atoms in total. The first-order valence-corrected chi connectivity index (χ1v) is 14.5. The van der Waals surface area contributed by atoms with Crippen LogP contribution in [0.5, 0.6) is 0 Å². The third kappa shape index (κ3) is 5.27. The lowest BCUT2D eigenvalue weighted by Gasteiger charge is -2.36. The van der Waals surface area contributed by atoms with Gasteiger partial charge in [-0.25, -0.2) is 14.6 Å². The number of hydrogen-bond acceptors (Lipinski definition) is 9. The second-order valence-corrected chi connectivity index (χ2v) is 12.3. The SMILES string of the molecule is CCOC(=O)c1[nH]cc2c1NC1=C(C(=O)CN(C(=O)OC(C)(C)C)C1)C2c1ccc(Sc2nc3ccc(Cl)cc3[nH]2)o1. The number of rotatable bonds is 5. The van der Waals surface area contributed by atoms with E-state index in [9.17, 15) is 14.4 Å². The number of nitrogens with one attached hydrogen (secondary N) is 3. The molecule has 6 rings (SSSR count). The van der Waals surface area contributed by atoms with Crippen LogP contribution in [0.15, 0.2) is 62.5 Å². The molecule has 2 aliphatic heterocycles. The monoisotopic (exact) mass is 609 g/mol. The van der Waals surface area contributed by atoms with E-state index in [1.54, 1.807) is 58.2 Å². The third-order valence-electron chi connectivity index (χ3n) is 6.73. The lowest BCUT2D eigenvalue weighted by molar-refractivity contribution is -0.117. The van der Waals surface area contributed by atoms with Crippen LogP contribution in [-0.2, 0) is 14.3 Å². The minimum atomic E-state index is -0.726. The number of amides is 1. The first-order valence-electron chi connectivity index (χ1n) is 13.3. The summed E-state index contributed by atoms with van der Waals surface area (Å²) in [5, 5.41) is 5.01. The number of benzene rings is 1. The predicted molar refractivity (Wildman–Crippen MR) is 156 cm³/mol. The van der Waals surface area contributed by atoms with Crippen molar-refractivity contribution in [3.63, 3.8) is 0 Å². The van der Waals surface area contributed by atoms with Gasteiger partial charge in [-0.1, -0.05) is 11.6 Å². The summed E-state index contributed by atoms with van der Waals surface area (Å²) in [4.78, 5) is 51.5. The summed E-state index contributed by atoms with van der Waals surface area (Å²) < 4.78 is 17.1. The summed E-state index contributed by atoms with van der Waals surface area (Å²) in [6.45, 7) is 7.15. The zero-order valence-electron chi connectivity index (χ0n) is 23.3. The highest BCUT2D eigenvalue weighted by Crippen LogP contribution is 2.46. The highest BCUT2D eigenvalue weighted by atomic mass is 35.5. The van der Waals surface area contributed by atoms with Gasteiger partial charge in [0.2, 0.25) is 0 Å². The van der Waals surface area contributed by atoms with Crippen molar-refractivity contribution in [1.29, 1.82) is 0 Å². The maximum absolute atomic E-state index is 13.6. The van der Waals surface area contributed by atoms with E-state index in [0.29, 0.717) is 43.6 Å². The molecule has 0 saturated carbocycles. The molecule has 0 saturated heterocycles. The Labute approximate surface area is 250 Å². The number of ether oxygens (including phenoxy) is 2. The van der Waals surface area contributed by atoms with Crippen molar-refractivity contribution < 1.29 is 28.3 Å². The van der Waals surface area contributed by atoms with Gasteiger partial charge in [0.05, 0.1) is 42.3 Å². The third-order valence-corrected chi connectivity index (χ3v) is 7.77. The Bertz CT molecular complexity index is 1760. The van der Waals surface area contributed by atoms with Crippen molar-refractivity contribution in [3.8, 4) is 0 Å². The Morgan fingerprint density at radius 2 is 2.02 bits per heavy atom. The van der Waals surface area contributed by atoms with Crippen molar-refractivity contribution in [2.45, 2.75) is 49.5 Å². The second-order valence-electron chi connectivity index (χ2n) is 10.9. The summed E-state index contributed by atoms with van der Waals surface area (Å²) >= 11 is 7.41. The van der Waals surface area contributed by atoms with Gasteiger partial charge >= 0.3 is 12.1 Å². The summed E-state index contributed by atoms with van der Waals surface area (Å²) in [5.41, 5.74) is 3.13. The molecule has 0 bridgehead atoms. The van der Waals surface area contributed by atoms with E-state index in [0.717, 1.165) is 11.0 Å². The molecule has 42 heavy (non-hydrogen) atoms. The number of furan rings is 1. The number of aromatic nitrogens is 3. The van der Waals surface area contributed by atoms with Crippen LogP contribution < -0.4 is 5.32 Å². The van der Waals surface area contributed by atoms with Gasteiger partial charge in [0.1, 0.15) is 17.1 Å². The fraction of sp³-hybridized carbons (Fsp3) is 0.310. The van der Waals surface area contributed by atoms with E-state index in [1.165, 1.54) is 16.7 Å². The lowest BCUT2D eigenvalue weighted by atomic mass is 9.81. The molecule has 1 unspecified atom stereocenters. The number of ketones is 1. The molecule has 0 fully saturated rings. The minimum Gasteiger partial charge on any atom is -0.461 e. The fourth-order valence-corrected chi connectivity index (χ4v) is 6.01. The standard InChI is InChI=1S/C29H28ClN5O6S/c1-5-39-26(37)25-24-15(11-31-25)22(23-18(32-24)12-35(13-19(23)36)28(38)41-29(2,3)4)20-8-9-21(40-20)42-27-33-16-7-6-14(30)10-17(16)34-27/h6-11,22,31-32H,5,12-13H2,1-4H3,(H,33,34). The fourth-order valence-electron chi connectivity index (χ4n) is 5.07. The molecule has 3 N–H and O–H groups in total. The summed E-state index contributed by atoms with van der Waals surface area (Å²) in [7, 11) is 0. The number of fused-ring (bicyclic) bond motifs is 2. The van der Waals surface area contributed by atoms with Crippen molar-refractivity contribution in [3.05, 3.63) is 69.8 Å². The first kappa shape index (κ1) is 28.0. The molecule has 1 aromatic carbocycles. The molecule has 218 valence electrons. The van der Waals surface area contributed by atoms with E-state index < -0.39 is 23.6 Å². The van der Waals surface area contributed by atoms with Crippen LogP contribution in [0.3, 0.4) is 0 Å². The number of halogens is 1.